The highest BCUT2D eigenvalue weighted by atomic mass is 32.2. The lowest BCUT2D eigenvalue weighted by Gasteiger charge is -2.31. The summed E-state index contributed by atoms with van der Waals surface area (Å²) in [5.41, 5.74) is 0.288. The predicted octanol–water partition coefficient (Wildman–Crippen LogP) is 1.47. The molecule has 1 N–H and O–H groups in total. The van der Waals surface area contributed by atoms with Crippen molar-refractivity contribution >= 4 is 10.0 Å². The smallest absolute Gasteiger partial charge is 0.240 e. The minimum atomic E-state index is -3.77. The van der Waals surface area contributed by atoms with Gasteiger partial charge < -0.3 is 9.47 Å². The van der Waals surface area contributed by atoms with Gasteiger partial charge in [-0.1, -0.05) is 12.1 Å². The van der Waals surface area contributed by atoms with Crippen LogP contribution in [0.5, 0.6) is 5.88 Å². The molecule has 1 aromatic carbocycles. The summed E-state index contributed by atoms with van der Waals surface area (Å²) in [7, 11) is -3.77. The summed E-state index contributed by atoms with van der Waals surface area (Å²) in [4.78, 5) is 4.14. The van der Waals surface area contributed by atoms with E-state index in [1.54, 1.807) is 36.5 Å². The number of benzene rings is 1. The van der Waals surface area contributed by atoms with E-state index in [9.17, 15) is 8.42 Å². The molecule has 1 fully saturated rings. The van der Waals surface area contributed by atoms with Crippen molar-refractivity contribution < 1.29 is 17.9 Å². The van der Waals surface area contributed by atoms with Gasteiger partial charge >= 0.3 is 0 Å². The van der Waals surface area contributed by atoms with Gasteiger partial charge in [-0.25, -0.2) is 18.1 Å². The normalized spacial score (nSPS) is 20.6. The molecule has 2 heterocycles. The quantitative estimate of drug-likeness (QED) is 0.867. The van der Waals surface area contributed by atoms with Crippen molar-refractivity contribution in [1.82, 2.24) is 9.71 Å². The molecular weight excluding hydrogens is 342 g/mol. The Kier molecular flexibility index (Phi) is 5.28. The number of pyridine rings is 1. The SMILES string of the molecule is N#Cc1cccc(S(=O)(=O)N[C@@H]2CCOC[C@H]2Oc2ccccn2)c1. The summed E-state index contributed by atoms with van der Waals surface area (Å²) in [6.07, 6.45) is 1.60. The summed E-state index contributed by atoms with van der Waals surface area (Å²) in [6, 6.07) is 12.6. The van der Waals surface area contributed by atoms with Crippen molar-refractivity contribution in [1.29, 1.82) is 5.26 Å². The van der Waals surface area contributed by atoms with Gasteiger partial charge in [0.25, 0.3) is 0 Å². The van der Waals surface area contributed by atoms with Crippen molar-refractivity contribution in [2.24, 2.45) is 0 Å². The van der Waals surface area contributed by atoms with Gasteiger partial charge in [-0.05, 0) is 30.7 Å². The van der Waals surface area contributed by atoms with E-state index in [0.717, 1.165) is 0 Å². The van der Waals surface area contributed by atoms with Crippen LogP contribution in [-0.4, -0.2) is 38.8 Å². The maximum atomic E-state index is 12.6. The summed E-state index contributed by atoms with van der Waals surface area (Å²) in [6.45, 7) is 0.704. The van der Waals surface area contributed by atoms with Crippen molar-refractivity contribution in [2.75, 3.05) is 13.2 Å². The minimum Gasteiger partial charge on any atom is -0.470 e. The van der Waals surface area contributed by atoms with E-state index in [0.29, 0.717) is 18.9 Å². The molecule has 0 amide bonds. The Morgan fingerprint density at radius 3 is 2.92 bits per heavy atom. The fourth-order valence-corrected chi connectivity index (χ4v) is 3.88. The Bertz CT molecular complexity index is 865. The molecule has 2 aromatic rings. The van der Waals surface area contributed by atoms with Crippen LogP contribution in [0.2, 0.25) is 0 Å². The second-order valence-electron chi connectivity index (χ2n) is 5.56. The number of sulfonamides is 1. The van der Waals surface area contributed by atoms with Gasteiger partial charge in [0.1, 0.15) is 6.10 Å². The van der Waals surface area contributed by atoms with Gasteiger partial charge in [-0.2, -0.15) is 5.26 Å². The largest absolute Gasteiger partial charge is 0.470 e. The number of rotatable bonds is 5. The van der Waals surface area contributed by atoms with Crippen LogP contribution in [-0.2, 0) is 14.8 Å². The van der Waals surface area contributed by atoms with E-state index < -0.39 is 22.2 Å². The molecule has 0 radical (unpaired) electrons. The van der Waals surface area contributed by atoms with Crippen LogP contribution in [0, 0.1) is 11.3 Å². The highest BCUT2D eigenvalue weighted by molar-refractivity contribution is 7.89. The molecule has 1 aliphatic rings. The number of ether oxygens (including phenoxy) is 2. The van der Waals surface area contributed by atoms with Crippen LogP contribution in [0.1, 0.15) is 12.0 Å². The first-order chi connectivity index (χ1) is 12.1. The topological polar surface area (TPSA) is 101 Å². The molecule has 2 atom stereocenters. The van der Waals surface area contributed by atoms with E-state index in [4.69, 9.17) is 14.7 Å². The summed E-state index contributed by atoms with van der Waals surface area (Å²) in [5.74, 6) is 0.411. The number of hydrogen-bond acceptors (Lipinski definition) is 6. The van der Waals surface area contributed by atoms with E-state index in [1.807, 2.05) is 6.07 Å². The molecule has 0 unspecified atom stereocenters. The fourth-order valence-electron chi connectivity index (χ4n) is 2.53. The third-order valence-corrected chi connectivity index (χ3v) is 5.28. The van der Waals surface area contributed by atoms with Crippen molar-refractivity contribution in [2.45, 2.75) is 23.5 Å². The Morgan fingerprint density at radius 2 is 2.16 bits per heavy atom. The van der Waals surface area contributed by atoms with Gasteiger partial charge in [-0.15, -0.1) is 0 Å². The molecule has 0 aliphatic carbocycles. The lowest BCUT2D eigenvalue weighted by atomic mass is 10.1. The predicted molar refractivity (Wildman–Crippen MR) is 89.4 cm³/mol. The fraction of sp³-hybridized carbons (Fsp3) is 0.294. The number of aromatic nitrogens is 1. The van der Waals surface area contributed by atoms with Crippen LogP contribution in [0.3, 0.4) is 0 Å². The average Bonchev–Trinajstić information content (AvgIpc) is 2.64. The van der Waals surface area contributed by atoms with Crippen LogP contribution < -0.4 is 9.46 Å². The highest BCUT2D eigenvalue weighted by Crippen LogP contribution is 2.18. The van der Waals surface area contributed by atoms with Crippen molar-refractivity contribution in [3.63, 3.8) is 0 Å². The van der Waals surface area contributed by atoms with Crippen LogP contribution in [0.4, 0.5) is 0 Å². The molecule has 1 aliphatic heterocycles. The summed E-state index contributed by atoms with van der Waals surface area (Å²) in [5, 5.41) is 8.95. The zero-order chi connectivity index (χ0) is 17.7. The maximum Gasteiger partial charge on any atom is 0.240 e. The Morgan fingerprint density at radius 1 is 1.28 bits per heavy atom. The first kappa shape index (κ1) is 17.4. The molecule has 1 aromatic heterocycles. The van der Waals surface area contributed by atoms with Gasteiger partial charge in [0.2, 0.25) is 15.9 Å². The number of hydrogen-bond donors (Lipinski definition) is 1. The van der Waals surface area contributed by atoms with Crippen molar-refractivity contribution in [3.8, 4) is 11.9 Å². The molecule has 130 valence electrons. The van der Waals surface area contributed by atoms with Crippen LogP contribution in [0.25, 0.3) is 0 Å². The average molecular weight is 359 g/mol. The molecule has 8 heteroatoms. The van der Waals surface area contributed by atoms with Gasteiger partial charge in [0.15, 0.2) is 0 Å². The molecule has 1 saturated heterocycles. The first-order valence-electron chi connectivity index (χ1n) is 7.76. The monoisotopic (exact) mass is 359 g/mol. The third-order valence-electron chi connectivity index (χ3n) is 3.79. The van der Waals surface area contributed by atoms with Gasteiger partial charge in [0, 0.05) is 18.9 Å². The summed E-state index contributed by atoms with van der Waals surface area (Å²) >= 11 is 0. The van der Waals surface area contributed by atoms with E-state index in [1.165, 1.54) is 12.1 Å². The molecule has 25 heavy (non-hydrogen) atoms. The summed E-state index contributed by atoms with van der Waals surface area (Å²) < 4.78 is 39.1. The van der Waals surface area contributed by atoms with Crippen LogP contribution in [0.15, 0.2) is 53.6 Å². The van der Waals surface area contributed by atoms with E-state index in [2.05, 4.69) is 9.71 Å². The number of nitriles is 1. The lowest BCUT2D eigenvalue weighted by Crippen LogP contribution is -2.51. The van der Waals surface area contributed by atoms with E-state index >= 15 is 0 Å². The first-order valence-corrected chi connectivity index (χ1v) is 9.25. The zero-order valence-corrected chi connectivity index (χ0v) is 14.1. The van der Waals surface area contributed by atoms with Crippen molar-refractivity contribution in [3.05, 3.63) is 54.2 Å². The highest BCUT2D eigenvalue weighted by Gasteiger charge is 2.32. The van der Waals surface area contributed by atoms with Crippen LogP contribution >= 0.6 is 0 Å². The lowest BCUT2D eigenvalue weighted by molar-refractivity contribution is -0.0111. The molecular formula is C17H17N3O4S. The molecule has 3 rings (SSSR count). The molecule has 7 nitrogen and oxygen atoms in total. The second kappa shape index (κ2) is 7.61. The Hall–Kier alpha value is -2.47. The molecule has 0 spiro atoms. The maximum absolute atomic E-state index is 12.6. The van der Waals surface area contributed by atoms with E-state index in [-0.39, 0.29) is 17.1 Å². The van der Waals surface area contributed by atoms with Gasteiger partial charge in [-0.3, -0.25) is 0 Å². The van der Waals surface area contributed by atoms with Gasteiger partial charge in [0.05, 0.1) is 29.2 Å². The Balaban J connectivity index is 1.77. The number of nitrogens with one attached hydrogen (secondary N) is 1. The number of nitrogens with zero attached hydrogens (tertiary/aromatic N) is 2. The Labute approximate surface area is 146 Å². The second-order valence-corrected chi connectivity index (χ2v) is 7.27. The molecule has 0 saturated carbocycles. The zero-order valence-electron chi connectivity index (χ0n) is 13.3. The third kappa shape index (κ3) is 4.33. The molecule has 0 bridgehead atoms. The standard InChI is InChI=1S/C17H17N3O4S/c18-11-13-4-3-5-14(10-13)25(21,22)20-15-7-9-23-12-16(15)24-17-6-1-2-8-19-17/h1-6,8,10,15-16,20H,7,9,12H2/t15-,16-/m1/s1. The minimum absolute atomic E-state index is 0.0506.